The molecule has 0 amide bonds. The van der Waals surface area contributed by atoms with Crippen LogP contribution in [0.3, 0.4) is 0 Å². The molecule has 0 aliphatic rings. The standard InChI is InChI=1S/C26H22F2O4/c1-5-26(2,3)32-24-15-22(28)20(14-23(24)30-4)25(29)19-13-18(11-12-21(19)27)31-16-17-9-7-6-8-10-17/h1,6-15H,16H2,2-4H3. The molecule has 0 heterocycles. The minimum atomic E-state index is -1.03. The van der Waals surface area contributed by atoms with Gasteiger partial charge in [-0.1, -0.05) is 36.3 Å². The number of benzene rings is 3. The van der Waals surface area contributed by atoms with Crippen LogP contribution in [0.2, 0.25) is 0 Å². The summed E-state index contributed by atoms with van der Waals surface area (Å²) in [4.78, 5) is 13.0. The first-order valence-electron chi connectivity index (χ1n) is 9.79. The van der Waals surface area contributed by atoms with Crippen LogP contribution in [0.4, 0.5) is 8.78 Å². The van der Waals surface area contributed by atoms with Crippen LogP contribution in [-0.4, -0.2) is 18.5 Å². The van der Waals surface area contributed by atoms with E-state index in [2.05, 4.69) is 5.92 Å². The van der Waals surface area contributed by atoms with Crippen molar-refractivity contribution in [3.8, 4) is 29.6 Å². The fourth-order valence-electron chi connectivity index (χ4n) is 2.91. The monoisotopic (exact) mass is 436 g/mol. The second kappa shape index (κ2) is 9.52. The largest absolute Gasteiger partial charge is 0.493 e. The summed E-state index contributed by atoms with van der Waals surface area (Å²) >= 11 is 0. The van der Waals surface area contributed by atoms with Crippen molar-refractivity contribution in [3.63, 3.8) is 0 Å². The van der Waals surface area contributed by atoms with Crippen LogP contribution in [0.15, 0.2) is 60.7 Å². The van der Waals surface area contributed by atoms with Crippen LogP contribution in [-0.2, 0) is 6.61 Å². The van der Waals surface area contributed by atoms with Crippen LogP contribution >= 0.6 is 0 Å². The van der Waals surface area contributed by atoms with Gasteiger partial charge in [0, 0.05) is 6.07 Å². The fraction of sp³-hybridized carbons (Fsp3) is 0.192. The van der Waals surface area contributed by atoms with E-state index in [0.717, 1.165) is 23.8 Å². The Kier molecular flexibility index (Phi) is 6.79. The maximum Gasteiger partial charge on any atom is 0.199 e. The van der Waals surface area contributed by atoms with Gasteiger partial charge in [-0.25, -0.2) is 8.78 Å². The first-order chi connectivity index (χ1) is 15.2. The zero-order valence-corrected chi connectivity index (χ0v) is 17.9. The average molecular weight is 436 g/mol. The van der Waals surface area contributed by atoms with E-state index in [9.17, 15) is 13.6 Å². The second-order valence-corrected chi connectivity index (χ2v) is 7.48. The van der Waals surface area contributed by atoms with Crippen molar-refractivity contribution in [2.45, 2.75) is 26.1 Å². The Hall–Kier alpha value is -3.85. The third-order valence-electron chi connectivity index (χ3n) is 4.64. The van der Waals surface area contributed by atoms with Crippen molar-refractivity contribution in [1.82, 2.24) is 0 Å². The lowest BCUT2D eigenvalue weighted by Crippen LogP contribution is -2.26. The Morgan fingerprint density at radius 3 is 2.31 bits per heavy atom. The predicted molar refractivity (Wildman–Crippen MR) is 117 cm³/mol. The number of halogens is 2. The number of hydrogen-bond donors (Lipinski definition) is 0. The molecule has 0 aliphatic heterocycles. The molecule has 0 bridgehead atoms. The zero-order valence-electron chi connectivity index (χ0n) is 17.9. The van der Waals surface area contributed by atoms with E-state index in [1.165, 1.54) is 19.2 Å². The molecule has 3 rings (SSSR count). The normalized spacial score (nSPS) is 10.9. The molecule has 0 spiro atoms. The number of carbonyl (C=O) groups excluding carboxylic acids is 1. The number of terminal acetylenes is 1. The van der Waals surface area contributed by atoms with Crippen LogP contribution in [0.5, 0.6) is 17.2 Å². The molecular weight excluding hydrogens is 414 g/mol. The summed E-state index contributed by atoms with van der Waals surface area (Å²) in [6, 6.07) is 15.3. The average Bonchev–Trinajstić information content (AvgIpc) is 2.79. The fourth-order valence-corrected chi connectivity index (χ4v) is 2.91. The lowest BCUT2D eigenvalue weighted by Gasteiger charge is -2.22. The predicted octanol–water partition coefficient (Wildman–Crippen LogP) is 5.57. The highest BCUT2D eigenvalue weighted by Crippen LogP contribution is 2.34. The summed E-state index contributed by atoms with van der Waals surface area (Å²) in [5, 5.41) is 0. The van der Waals surface area contributed by atoms with Crippen molar-refractivity contribution in [3.05, 3.63) is 89.0 Å². The third-order valence-corrected chi connectivity index (χ3v) is 4.64. The molecule has 3 aromatic carbocycles. The second-order valence-electron chi connectivity index (χ2n) is 7.48. The third kappa shape index (κ3) is 5.25. The van der Waals surface area contributed by atoms with Crippen molar-refractivity contribution in [2.24, 2.45) is 0 Å². The van der Waals surface area contributed by atoms with Crippen LogP contribution < -0.4 is 14.2 Å². The Morgan fingerprint density at radius 1 is 0.969 bits per heavy atom. The highest BCUT2D eigenvalue weighted by atomic mass is 19.1. The molecule has 0 N–H and O–H groups in total. The van der Waals surface area contributed by atoms with E-state index in [0.29, 0.717) is 0 Å². The van der Waals surface area contributed by atoms with Crippen LogP contribution in [0.1, 0.15) is 35.3 Å². The number of carbonyl (C=O) groups is 1. The zero-order chi connectivity index (χ0) is 23.3. The van der Waals surface area contributed by atoms with Gasteiger partial charge in [0.15, 0.2) is 22.9 Å². The summed E-state index contributed by atoms with van der Waals surface area (Å²) < 4.78 is 45.8. The SMILES string of the molecule is C#CC(C)(C)Oc1cc(F)c(C(=O)c2cc(OCc3ccccc3)ccc2F)cc1OC. The summed E-state index contributed by atoms with van der Waals surface area (Å²) in [5.74, 6) is 0.288. The van der Waals surface area contributed by atoms with E-state index in [1.54, 1.807) is 13.8 Å². The van der Waals surface area contributed by atoms with Gasteiger partial charge in [0.25, 0.3) is 0 Å². The van der Waals surface area contributed by atoms with E-state index in [1.807, 2.05) is 30.3 Å². The van der Waals surface area contributed by atoms with Gasteiger partial charge in [0.05, 0.1) is 18.2 Å². The topological polar surface area (TPSA) is 44.8 Å². The number of methoxy groups -OCH3 is 1. The van der Waals surface area contributed by atoms with Gasteiger partial charge in [-0.05, 0) is 43.7 Å². The molecule has 32 heavy (non-hydrogen) atoms. The summed E-state index contributed by atoms with van der Waals surface area (Å²) in [6.07, 6.45) is 5.41. The molecule has 6 heteroatoms. The highest BCUT2D eigenvalue weighted by Gasteiger charge is 2.24. The Balaban J connectivity index is 1.90. The number of ether oxygens (including phenoxy) is 3. The number of hydrogen-bond acceptors (Lipinski definition) is 4. The summed E-state index contributed by atoms with van der Waals surface area (Å²) in [5.41, 5.74) is -0.811. The molecule has 0 radical (unpaired) electrons. The summed E-state index contributed by atoms with van der Waals surface area (Å²) in [7, 11) is 1.34. The molecule has 164 valence electrons. The quantitative estimate of drug-likeness (QED) is 0.342. The van der Waals surface area contributed by atoms with Gasteiger partial charge in [0.1, 0.15) is 24.0 Å². The minimum absolute atomic E-state index is 0.0323. The Morgan fingerprint density at radius 2 is 1.66 bits per heavy atom. The molecule has 0 saturated carbocycles. The van der Waals surface area contributed by atoms with Crippen molar-refractivity contribution in [2.75, 3.05) is 7.11 Å². The number of rotatable bonds is 8. The van der Waals surface area contributed by atoms with Crippen molar-refractivity contribution >= 4 is 5.78 Å². The maximum absolute atomic E-state index is 14.8. The van der Waals surface area contributed by atoms with E-state index < -0.39 is 23.0 Å². The molecule has 0 fully saturated rings. The van der Waals surface area contributed by atoms with E-state index in [4.69, 9.17) is 20.6 Å². The van der Waals surface area contributed by atoms with Gasteiger partial charge >= 0.3 is 0 Å². The smallest absolute Gasteiger partial charge is 0.199 e. The van der Waals surface area contributed by atoms with E-state index >= 15 is 0 Å². The number of ketones is 1. The van der Waals surface area contributed by atoms with Crippen molar-refractivity contribution in [1.29, 1.82) is 0 Å². The Labute approximate surface area is 185 Å². The van der Waals surface area contributed by atoms with Gasteiger partial charge in [0.2, 0.25) is 0 Å². The van der Waals surface area contributed by atoms with Gasteiger partial charge in [-0.3, -0.25) is 4.79 Å². The molecule has 0 unspecified atom stereocenters. The molecule has 3 aromatic rings. The van der Waals surface area contributed by atoms with Gasteiger partial charge in [-0.2, -0.15) is 0 Å². The maximum atomic E-state index is 14.8. The lowest BCUT2D eigenvalue weighted by molar-refractivity contribution is 0.103. The summed E-state index contributed by atoms with van der Waals surface area (Å²) in [6.45, 7) is 3.48. The van der Waals surface area contributed by atoms with Gasteiger partial charge < -0.3 is 14.2 Å². The first-order valence-corrected chi connectivity index (χ1v) is 9.79. The molecular formula is C26H22F2O4. The Bertz CT molecular complexity index is 1160. The van der Waals surface area contributed by atoms with Crippen molar-refractivity contribution < 1.29 is 27.8 Å². The van der Waals surface area contributed by atoms with Crippen LogP contribution in [0, 0.1) is 24.0 Å². The minimum Gasteiger partial charge on any atom is -0.493 e. The van der Waals surface area contributed by atoms with Crippen LogP contribution in [0.25, 0.3) is 0 Å². The molecule has 0 aliphatic carbocycles. The highest BCUT2D eigenvalue weighted by molar-refractivity contribution is 6.09. The molecule has 0 saturated heterocycles. The molecule has 4 nitrogen and oxygen atoms in total. The molecule has 0 aromatic heterocycles. The lowest BCUT2D eigenvalue weighted by atomic mass is 10.0. The van der Waals surface area contributed by atoms with Gasteiger partial charge in [-0.15, -0.1) is 6.42 Å². The van der Waals surface area contributed by atoms with E-state index in [-0.39, 0.29) is 35.0 Å². The first kappa shape index (κ1) is 22.8. The molecule has 0 atom stereocenters.